The molecule has 1 rings (SSSR count). The second kappa shape index (κ2) is 5.87. The van der Waals surface area contributed by atoms with Crippen molar-refractivity contribution < 1.29 is 9.53 Å². The molecule has 0 aliphatic carbocycles. The average molecular weight is 320 g/mol. The van der Waals surface area contributed by atoms with E-state index in [9.17, 15) is 4.79 Å². The first-order valence-corrected chi connectivity index (χ1v) is 6.80. The summed E-state index contributed by atoms with van der Waals surface area (Å²) in [5.41, 5.74) is 0.395. The van der Waals surface area contributed by atoms with Crippen LogP contribution in [0.25, 0.3) is 0 Å². The number of carbonyl (C=O) groups excluding carboxylic acids is 1. The predicted molar refractivity (Wildman–Crippen MR) is 74.0 cm³/mol. The van der Waals surface area contributed by atoms with Crippen molar-refractivity contribution >= 4 is 33.3 Å². The van der Waals surface area contributed by atoms with Gasteiger partial charge in [0.25, 0.3) is 0 Å². The second-order valence-electron chi connectivity index (χ2n) is 4.58. The van der Waals surface area contributed by atoms with E-state index in [2.05, 4.69) is 15.9 Å². The Kier molecular flexibility index (Phi) is 5.02. The molecule has 1 unspecified atom stereocenters. The van der Waals surface area contributed by atoms with E-state index < -0.39 is 10.4 Å². The van der Waals surface area contributed by atoms with Gasteiger partial charge in [0.15, 0.2) is 5.78 Å². The molecule has 1 aromatic carbocycles. The first kappa shape index (κ1) is 14.5. The number of alkyl halides is 2. The van der Waals surface area contributed by atoms with Crippen molar-refractivity contribution in [1.29, 1.82) is 0 Å². The molecule has 0 fully saturated rings. The minimum atomic E-state index is -0.669. The zero-order chi connectivity index (χ0) is 13.1. The molecule has 0 spiro atoms. The van der Waals surface area contributed by atoms with Gasteiger partial charge in [-0.05, 0) is 34.5 Å². The fraction of sp³-hybridized carbons (Fsp3) is 0.462. The van der Waals surface area contributed by atoms with E-state index in [1.54, 1.807) is 13.8 Å². The lowest BCUT2D eigenvalue weighted by atomic mass is 9.91. The van der Waals surface area contributed by atoms with Crippen LogP contribution in [0.4, 0.5) is 0 Å². The van der Waals surface area contributed by atoms with Crippen molar-refractivity contribution in [2.45, 2.75) is 25.8 Å². The molecule has 0 aromatic heterocycles. The summed E-state index contributed by atoms with van der Waals surface area (Å²) >= 11 is 9.03. The normalized spacial score (nSPS) is 13.2. The van der Waals surface area contributed by atoms with Gasteiger partial charge in [0.05, 0.1) is 0 Å². The monoisotopic (exact) mass is 318 g/mol. The molecular weight excluding hydrogens is 303 g/mol. The van der Waals surface area contributed by atoms with Crippen LogP contribution in [-0.2, 0) is 4.79 Å². The lowest BCUT2D eigenvalue weighted by Gasteiger charge is -2.23. The minimum Gasteiger partial charge on any atom is -0.471 e. The summed E-state index contributed by atoms with van der Waals surface area (Å²) in [6.45, 7) is 5.54. The van der Waals surface area contributed by atoms with Gasteiger partial charge < -0.3 is 4.74 Å². The maximum absolute atomic E-state index is 12.1. The number of benzene rings is 1. The molecule has 1 atom stereocenters. The Hall–Kier alpha value is -0.540. The molecule has 4 heteroatoms. The van der Waals surface area contributed by atoms with E-state index in [0.717, 1.165) is 5.56 Å². The lowest BCUT2D eigenvalue weighted by Crippen LogP contribution is -2.35. The van der Waals surface area contributed by atoms with Gasteiger partial charge in [0, 0.05) is 11.3 Å². The highest BCUT2D eigenvalue weighted by Crippen LogP contribution is 2.26. The molecule has 0 aliphatic heterocycles. The molecule has 0 radical (unpaired) electrons. The van der Waals surface area contributed by atoms with Crippen LogP contribution in [0.3, 0.4) is 0 Å². The highest BCUT2D eigenvalue weighted by atomic mass is 79.9. The van der Waals surface area contributed by atoms with Crippen LogP contribution in [0, 0.1) is 12.3 Å². The maximum atomic E-state index is 12.1. The number of ketones is 1. The van der Waals surface area contributed by atoms with E-state index in [1.807, 2.05) is 31.2 Å². The van der Waals surface area contributed by atoms with Gasteiger partial charge in [-0.1, -0.05) is 32.0 Å². The van der Waals surface area contributed by atoms with Gasteiger partial charge in [-0.2, -0.15) is 0 Å². The van der Waals surface area contributed by atoms with Crippen LogP contribution >= 0.6 is 27.5 Å². The fourth-order valence-corrected chi connectivity index (χ4v) is 2.18. The summed E-state index contributed by atoms with van der Waals surface area (Å²) in [6.07, 6.45) is 0. The van der Waals surface area contributed by atoms with Crippen molar-refractivity contribution in [3.63, 3.8) is 0 Å². The number of hydrogen-bond donors (Lipinski definition) is 0. The Morgan fingerprint density at radius 3 is 2.59 bits per heavy atom. The van der Waals surface area contributed by atoms with E-state index >= 15 is 0 Å². The summed E-state index contributed by atoms with van der Waals surface area (Å²) in [7, 11) is 0. The maximum Gasteiger partial charge on any atom is 0.211 e. The van der Waals surface area contributed by atoms with Gasteiger partial charge in [-0.25, -0.2) is 0 Å². The lowest BCUT2D eigenvalue weighted by molar-refractivity contribution is -0.129. The van der Waals surface area contributed by atoms with Crippen LogP contribution in [0.5, 0.6) is 5.75 Å². The molecule has 1 aromatic rings. The molecule has 94 valence electrons. The summed E-state index contributed by atoms with van der Waals surface area (Å²) < 4.78 is 5.60. The highest BCUT2D eigenvalue weighted by Gasteiger charge is 2.33. The highest BCUT2D eigenvalue weighted by molar-refractivity contribution is 9.09. The van der Waals surface area contributed by atoms with Gasteiger partial charge in [0.1, 0.15) is 5.75 Å². The summed E-state index contributed by atoms with van der Waals surface area (Å²) in [5.74, 6) is 0.911. The third-order valence-electron chi connectivity index (χ3n) is 2.53. The van der Waals surface area contributed by atoms with Gasteiger partial charge in [-0.15, -0.1) is 11.6 Å². The van der Waals surface area contributed by atoms with E-state index in [0.29, 0.717) is 5.75 Å². The molecular formula is C13H16BrClO2. The fourth-order valence-electron chi connectivity index (χ4n) is 1.23. The third kappa shape index (κ3) is 3.71. The Labute approximate surface area is 115 Å². The van der Waals surface area contributed by atoms with Crippen molar-refractivity contribution in [3.05, 3.63) is 29.8 Å². The van der Waals surface area contributed by atoms with Crippen molar-refractivity contribution in [2.75, 3.05) is 5.88 Å². The SMILES string of the molecule is Cc1ccccc1OC(Br)C(=O)C(C)(C)CCl. The average Bonchev–Trinajstić information content (AvgIpc) is 2.31. The summed E-state index contributed by atoms with van der Waals surface area (Å²) in [6, 6.07) is 7.58. The van der Waals surface area contributed by atoms with Gasteiger partial charge >= 0.3 is 0 Å². The number of halogens is 2. The molecule has 0 heterocycles. The third-order valence-corrected chi connectivity index (χ3v) is 3.80. The summed E-state index contributed by atoms with van der Waals surface area (Å²) in [5, 5.41) is -0.669. The van der Waals surface area contributed by atoms with Crippen LogP contribution in [0.1, 0.15) is 19.4 Å². The number of rotatable bonds is 5. The first-order chi connectivity index (χ1) is 7.88. The molecule has 0 N–H and O–H groups in total. The topological polar surface area (TPSA) is 26.3 Å². The van der Waals surface area contributed by atoms with Gasteiger partial charge in [0.2, 0.25) is 5.01 Å². The Bertz CT molecular complexity index is 404. The van der Waals surface area contributed by atoms with Crippen LogP contribution in [-0.4, -0.2) is 16.7 Å². The van der Waals surface area contributed by atoms with E-state index in [4.69, 9.17) is 16.3 Å². The zero-order valence-corrected chi connectivity index (χ0v) is 12.5. The Morgan fingerprint density at radius 2 is 2.06 bits per heavy atom. The Balaban J connectivity index is 2.77. The molecule has 0 amide bonds. The van der Waals surface area contributed by atoms with Crippen molar-refractivity contribution in [2.24, 2.45) is 5.41 Å². The minimum absolute atomic E-state index is 0.0595. The van der Waals surface area contributed by atoms with Crippen molar-refractivity contribution in [3.8, 4) is 5.75 Å². The number of hydrogen-bond acceptors (Lipinski definition) is 2. The molecule has 0 aliphatic rings. The molecule has 0 bridgehead atoms. The van der Waals surface area contributed by atoms with Crippen molar-refractivity contribution in [1.82, 2.24) is 0 Å². The number of para-hydroxylation sites is 1. The number of aryl methyl sites for hydroxylation is 1. The zero-order valence-electron chi connectivity index (χ0n) is 10.2. The largest absolute Gasteiger partial charge is 0.471 e. The van der Waals surface area contributed by atoms with Crippen LogP contribution in [0.2, 0.25) is 0 Å². The van der Waals surface area contributed by atoms with E-state index in [1.165, 1.54) is 0 Å². The van der Waals surface area contributed by atoms with Gasteiger partial charge in [-0.3, -0.25) is 4.79 Å². The quantitative estimate of drug-likeness (QED) is 0.769. The van der Waals surface area contributed by atoms with Crippen LogP contribution < -0.4 is 4.74 Å². The molecule has 0 saturated heterocycles. The molecule has 2 nitrogen and oxygen atoms in total. The standard InChI is InChI=1S/C13H16BrClO2/c1-9-6-4-5-7-10(9)17-12(14)11(16)13(2,3)8-15/h4-7,12H,8H2,1-3H3. The number of Topliss-reactive ketones (excluding diaryl/α,β-unsaturated/α-hetero) is 1. The smallest absolute Gasteiger partial charge is 0.211 e. The summed E-state index contributed by atoms with van der Waals surface area (Å²) in [4.78, 5) is 12.1. The number of ether oxygens (including phenoxy) is 1. The first-order valence-electron chi connectivity index (χ1n) is 5.35. The van der Waals surface area contributed by atoms with Crippen LogP contribution in [0.15, 0.2) is 24.3 Å². The predicted octanol–water partition coefficient (Wildman–Crippen LogP) is 3.93. The molecule has 0 saturated carbocycles. The number of carbonyl (C=O) groups is 1. The molecule has 17 heavy (non-hydrogen) atoms. The van der Waals surface area contributed by atoms with E-state index in [-0.39, 0.29) is 11.7 Å². The second-order valence-corrected chi connectivity index (χ2v) is 5.68. The Morgan fingerprint density at radius 1 is 1.47 bits per heavy atom.